The van der Waals surface area contributed by atoms with Crippen LogP contribution >= 0.6 is 0 Å². The number of nitrogens with zero attached hydrogens (tertiary/aromatic N) is 3. The average molecular weight is 304 g/mol. The van der Waals surface area contributed by atoms with E-state index in [-0.39, 0.29) is 0 Å². The van der Waals surface area contributed by atoms with Gasteiger partial charge in [0, 0.05) is 0 Å². The van der Waals surface area contributed by atoms with Gasteiger partial charge in [0.25, 0.3) is 0 Å². The predicted molar refractivity (Wildman–Crippen MR) is 96.0 cm³/mol. The van der Waals surface area contributed by atoms with Gasteiger partial charge in [0.1, 0.15) is 5.82 Å². The summed E-state index contributed by atoms with van der Waals surface area (Å²) in [4.78, 5) is 4.60. The molecule has 0 amide bonds. The first-order valence-corrected chi connectivity index (χ1v) is 7.62. The van der Waals surface area contributed by atoms with E-state index in [9.17, 15) is 0 Å². The van der Waals surface area contributed by atoms with Crippen molar-refractivity contribution < 1.29 is 0 Å². The van der Waals surface area contributed by atoms with Crippen LogP contribution in [0.2, 0.25) is 0 Å². The van der Waals surface area contributed by atoms with Crippen molar-refractivity contribution in [3.63, 3.8) is 0 Å². The summed E-state index contributed by atoms with van der Waals surface area (Å²) in [6.07, 6.45) is 5.94. The van der Waals surface area contributed by atoms with E-state index in [2.05, 4.69) is 41.3 Å². The zero-order chi connectivity index (χ0) is 16.4. The molecule has 0 saturated carbocycles. The summed E-state index contributed by atoms with van der Waals surface area (Å²) in [6, 6.07) is 12.3. The summed E-state index contributed by atoms with van der Waals surface area (Å²) in [5.41, 5.74) is 11.3. The number of rotatable bonds is 3. The first-order valence-electron chi connectivity index (χ1n) is 7.62. The number of nitrogen functional groups attached to an aromatic ring is 1. The van der Waals surface area contributed by atoms with Crippen molar-refractivity contribution in [3.8, 4) is 11.1 Å². The number of hydrogen-bond donors (Lipinski definition) is 1. The molecule has 3 aromatic rings. The molecule has 2 N–H and O–H groups in total. The molecule has 1 aromatic carbocycles. The monoisotopic (exact) mass is 304 g/mol. The van der Waals surface area contributed by atoms with Gasteiger partial charge in [0.2, 0.25) is 0 Å². The quantitative estimate of drug-likeness (QED) is 0.735. The van der Waals surface area contributed by atoms with E-state index in [4.69, 9.17) is 5.73 Å². The lowest BCUT2D eigenvalue weighted by Gasteiger charge is -2.05. The Bertz CT molecular complexity index is 899. The SMILES string of the molecule is C/C=C\C=C(/C)c1nc2cc(-c3ccc(C)cc3)cc(N)n2n1. The van der Waals surface area contributed by atoms with Crippen LogP contribution in [-0.4, -0.2) is 14.6 Å². The van der Waals surface area contributed by atoms with E-state index in [1.54, 1.807) is 4.52 Å². The molecule has 116 valence electrons. The molecule has 0 saturated heterocycles. The molecule has 0 radical (unpaired) electrons. The minimum atomic E-state index is 0.579. The predicted octanol–water partition coefficient (Wildman–Crippen LogP) is 4.27. The summed E-state index contributed by atoms with van der Waals surface area (Å²) >= 11 is 0. The second-order valence-electron chi connectivity index (χ2n) is 5.62. The van der Waals surface area contributed by atoms with Gasteiger partial charge in [-0.1, -0.05) is 48.1 Å². The molecule has 4 nitrogen and oxygen atoms in total. The molecule has 0 aliphatic heterocycles. The number of hydrogen-bond acceptors (Lipinski definition) is 3. The van der Waals surface area contributed by atoms with Crippen molar-refractivity contribution in [3.05, 3.63) is 66.0 Å². The highest BCUT2D eigenvalue weighted by Gasteiger charge is 2.10. The summed E-state index contributed by atoms with van der Waals surface area (Å²) in [5.74, 6) is 1.27. The maximum absolute atomic E-state index is 6.16. The molecule has 4 heteroatoms. The van der Waals surface area contributed by atoms with Crippen LogP contribution in [0.3, 0.4) is 0 Å². The van der Waals surface area contributed by atoms with Crippen LogP contribution in [0.15, 0.2) is 54.6 Å². The topological polar surface area (TPSA) is 56.2 Å². The summed E-state index contributed by atoms with van der Waals surface area (Å²) in [5, 5.41) is 4.49. The van der Waals surface area contributed by atoms with E-state index in [1.165, 1.54) is 5.56 Å². The molecule has 2 aromatic heterocycles. The lowest BCUT2D eigenvalue weighted by molar-refractivity contribution is 0.961. The Labute approximate surface area is 136 Å². The molecular weight excluding hydrogens is 284 g/mol. The Morgan fingerprint density at radius 3 is 2.57 bits per heavy atom. The van der Waals surface area contributed by atoms with Crippen LogP contribution in [0, 0.1) is 6.92 Å². The Balaban J connectivity index is 2.09. The smallest absolute Gasteiger partial charge is 0.177 e. The zero-order valence-electron chi connectivity index (χ0n) is 13.6. The second-order valence-corrected chi connectivity index (χ2v) is 5.62. The largest absolute Gasteiger partial charge is 0.384 e. The number of pyridine rings is 1. The molecule has 0 fully saturated rings. The van der Waals surface area contributed by atoms with Crippen molar-refractivity contribution in [2.45, 2.75) is 20.8 Å². The number of aromatic nitrogens is 3. The van der Waals surface area contributed by atoms with E-state index in [0.717, 1.165) is 22.3 Å². The maximum Gasteiger partial charge on any atom is 0.177 e. The maximum atomic E-state index is 6.16. The summed E-state index contributed by atoms with van der Waals surface area (Å²) < 4.78 is 1.68. The van der Waals surface area contributed by atoms with Crippen molar-refractivity contribution in [2.75, 3.05) is 5.73 Å². The normalized spacial score (nSPS) is 12.4. The number of nitrogens with two attached hydrogens (primary N) is 1. The van der Waals surface area contributed by atoms with Crippen molar-refractivity contribution in [1.82, 2.24) is 14.6 Å². The van der Waals surface area contributed by atoms with E-state index >= 15 is 0 Å². The first kappa shape index (κ1) is 15.0. The van der Waals surface area contributed by atoms with Crippen LogP contribution < -0.4 is 5.73 Å². The fourth-order valence-electron chi connectivity index (χ4n) is 2.40. The van der Waals surface area contributed by atoms with Crippen molar-refractivity contribution in [2.24, 2.45) is 0 Å². The summed E-state index contributed by atoms with van der Waals surface area (Å²) in [7, 11) is 0. The second kappa shape index (κ2) is 6.08. The fourth-order valence-corrected chi connectivity index (χ4v) is 2.40. The molecule has 3 rings (SSSR count). The van der Waals surface area contributed by atoms with Gasteiger partial charge in [-0.25, -0.2) is 4.98 Å². The van der Waals surface area contributed by atoms with E-state index in [0.29, 0.717) is 11.6 Å². The van der Waals surface area contributed by atoms with Crippen molar-refractivity contribution >= 4 is 17.0 Å². The molecule has 0 aliphatic carbocycles. The van der Waals surface area contributed by atoms with Crippen LogP contribution in [0.4, 0.5) is 5.82 Å². The third-order valence-electron chi connectivity index (χ3n) is 3.74. The minimum absolute atomic E-state index is 0.579. The molecule has 0 bridgehead atoms. The Morgan fingerprint density at radius 2 is 1.87 bits per heavy atom. The highest BCUT2D eigenvalue weighted by Crippen LogP contribution is 2.24. The van der Waals surface area contributed by atoms with Crippen LogP contribution in [0.1, 0.15) is 25.2 Å². The standard InChI is InChI=1S/C19H20N4/c1-4-5-6-14(3)19-21-18-12-16(11-17(20)23(18)22-19)15-9-7-13(2)8-10-15/h4-12H,20H2,1-3H3/b5-4-,14-6+. The molecule has 0 aliphatic rings. The van der Waals surface area contributed by atoms with Crippen LogP contribution in [0.25, 0.3) is 22.3 Å². The number of aryl methyl sites for hydroxylation is 1. The Kier molecular flexibility index (Phi) is 3.98. The lowest BCUT2D eigenvalue weighted by atomic mass is 10.1. The third kappa shape index (κ3) is 3.01. The number of fused-ring (bicyclic) bond motifs is 1. The van der Waals surface area contributed by atoms with Gasteiger partial charge >= 0.3 is 0 Å². The highest BCUT2D eigenvalue weighted by molar-refractivity contribution is 5.72. The fraction of sp³-hybridized carbons (Fsp3) is 0.158. The van der Waals surface area contributed by atoms with Crippen molar-refractivity contribution in [1.29, 1.82) is 0 Å². The van der Waals surface area contributed by atoms with E-state index < -0.39 is 0 Å². The Hall–Kier alpha value is -2.88. The van der Waals surface area contributed by atoms with Gasteiger partial charge in [-0.2, -0.15) is 4.52 Å². The number of benzene rings is 1. The zero-order valence-corrected chi connectivity index (χ0v) is 13.6. The van der Waals surface area contributed by atoms with Crippen LogP contribution in [-0.2, 0) is 0 Å². The minimum Gasteiger partial charge on any atom is -0.384 e. The molecule has 2 heterocycles. The van der Waals surface area contributed by atoms with Crippen LogP contribution in [0.5, 0.6) is 0 Å². The molecule has 0 unspecified atom stereocenters. The number of anilines is 1. The third-order valence-corrected chi connectivity index (χ3v) is 3.74. The molecule has 0 spiro atoms. The van der Waals surface area contributed by atoms with Gasteiger partial charge in [-0.3, -0.25) is 0 Å². The van der Waals surface area contributed by atoms with E-state index in [1.807, 2.05) is 44.2 Å². The summed E-state index contributed by atoms with van der Waals surface area (Å²) in [6.45, 7) is 6.05. The molecule has 23 heavy (non-hydrogen) atoms. The highest BCUT2D eigenvalue weighted by atomic mass is 15.3. The van der Waals surface area contributed by atoms with Gasteiger partial charge in [0.05, 0.1) is 0 Å². The molecule has 0 atom stereocenters. The lowest BCUT2D eigenvalue weighted by Crippen LogP contribution is -1.99. The Morgan fingerprint density at radius 1 is 1.13 bits per heavy atom. The molecular formula is C19H20N4. The van der Waals surface area contributed by atoms with Gasteiger partial charge < -0.3 is 5.73 Å². The number of allylic oxidation sites excluding steroid dienone is 4. The van der Waals surface area contributed by atoms with Gasteiger partial charge in [0.15, 0.2) is 11.5 Å². The van der Waals surface area contributed by atoms with Gasteiger partial charge in [-0.05, 0) is 49.6 Å². The van der Waals surface area contributed by atoms with Gasteiger partial charge in [-0.15, -0.1) is 5.10 Å². The average Bonchev–Trinajstić information content (AvgIpc) is 2.98. The first-order chi connectivity index (χ1) is 11.1.